The lowest BCUT2D eigenvalue weighted by Gasteiger charge is -2.01. The Labute approximate surface area is 178 Å². The molecule has 1 aromatic heterocycles. The first-order valence-electron chi connectivity index (χ1n) is 8.69. The number of hydrogen-bond acceptors (Lipinski definition) is 7. The molecule has 0 spiro atoms. The molecular formula is C19H14BrN5O5. The van der Waals surface area contributed by atoms with Gasteiger partial charge in [0, 0.05) is 4.47 Å². The van der Waals surface area contributed by atoms with E-state index in [-0.39, 0.29) is 19.0 Å². The lowest BCUT2D eigenvalue weighted by molar-refractivity contribution is -0.385. The Morgan fingerprint density at radius 3 is 2.93 bits per heavy atom. The maximum atomic E-state index is 12.4. The van der Waals surface area contributed by atoms with Crippen LogP contribution < -0.4 is 14.9 Å². The normalized spacial score (nSPS) is 12.3. The minimum absolute atomic E-state index is 0.152. The van der Waals surface area contributed by atoms with Crippen molar-refractivity contribution in [1.29, 1.82) is 0 Å². The zero-order chi connectivity index (χ0) is 21.1. The van der Waals surface area contributed by atoms with E-state index in [2.05, 4.69) is 31.6 Å². The number of halogens is 1. The average molecular weight is 472 g/mol. The van der Waals surface area contributed by atoms with Gasteiger partial charge in [0.25, 0.3) is 5.91 Å². The van der Waals surface area contributed by atoms with E-state index < -0.39 is 16.5 Å². The molecule has 3 aromatic rings. The minimum atomic E-state index is -0.785. The molecule has 1 N–H and O–H groups in total. The van der Waals surface area contributed by atoms with E-state index in [1.165, 1.54) is 17.1 Å². The topological polar surface area (TPSA) is 121 Å². The fourth-order valence-electron chi connectivity index (χ4n) is 2.82. The zero-order valence-electron chi connectivity index (χ0n) is 15.3. The van der Waals surface area contributed by atoms with Crippen molar-refractivity contribution in [3.63, 3.8) is 0 Å². The number of nitrogens with zero attached hydrogens (tertiary/aromatic N) is 4. The first-order chi connectivity index (χ1) is 14.5. The van der Waals surface area contributed by atoms with E-state index in [4.69, 9.17) is 9.47 Å². The summed E-state index contributed by atoms with van der Waals surface area (Å²) in [5.74, 6) is 0.418. The zero-order valence-corrected chi connectivity index (χ0v) is 16.9. The molecular weight excluding hydrogens is 458 g/mol. The number of carbonyl (C=O) groups excluding carboxylic acids is 1. The monoisotopic (exact) mass is 471 g/mol. The highest BCUT2D eigenvalue weighted by molar-refractivity contribution is 9.10. The molecule has 30 heavy (non-hydrogen) atoms. The van der Waals surface area contributed by atoms with Crippen molar-refractivity contribution in [3.05, 3.63) is 80.1 Å². The van der Waals surface area contributed by atoms with Gasteiger partial charge in [0.15, 0.2) is 11.5 Å². The van der Waals surface area contributed by atoms with Crippen molar-refractivity contribution in [1.82, 2.24) is 15.2 Å². The summed E-state index contributed by atoms with van der Waals surface area (Å²) < 4.78 is 12.7. The molecule has 2 aromatic carbocycles. The second-order valence-electron chi connectivity index (χ2n) is 6.26. The smallest absolute Gasteiger partial charge is 0.320 e. The third-order valence-electron chi connectivity index (χ3n) is 4.16. The van der Waals surface area contributed by atoms with Gasteiger partial charge in [0.05, 0.1) is 17.7 Å². The number of ether oxygens (including phenoxy) is 2. The third-order valence-corrected chi connectivity index (χ3v) is 4.66. The molecule has 11 heteroatoms. The van der Waals surface area contributed by atoms with Crippen LogP contribution in [0.15, 0.2) is 58.2 Å². The van der Waals surface area contributed by atoms with Gasteiger partial charge in [-0.3, -0.25) is 19.6 Å². The molecule has 0 saturated carbocycles. The number of fused-ring (bicyclic) bond motifs is 1. The molecule has 1 amide bonds. The Morgan fingerprint density at radius 1 is 1.30 bits per heavy atom. The molecule has 0 unspecified atom stereocenters. The fourth-order valence-corrected chi connectivity index (χ4v) is 3.27. The van der Waals surface area contributed by atoms with Crippen LogP contribution in [0, 0.1) is 10.1 Å². The molecule has 0 atom stereocenters. The summed E-state index contributed by atoms with van der Waals surface area (Å²) in [6.07, 6.45) is 2.61. The highest BCUT2D eigenvalue weighted by Crippen LogP contribution is 2.32. The number of nitro groups is 1. The number of hydrazone groups is 1. The van der Waals surface area contributed by atoms with E-state index in [0.29, 0.717) is 17.1 Å². The fraction of sp³-hybridized carbons (Fsp3) is 0.105. The summed E-state index contributed by atoms with van der Waals surface area (Å²) in [6, 6.07) is 12.6. The first kappa shape index (κ1) is 19.6. The predicted molar refractivity (Wildman–Crippen MR) is 110 cm³/mol. The average Bonchev–Trinajstić information content (AvgIpc) is 3.34. The van der Waals surface area contributed by atoms with E-state index in [1.54, 1.807) is 18.2 Å². The van der Waals surface area contributed by atoms with E-state index in [0.717, 1.165) is 10.0 Å². The van der Waals surface area contributed by atoms with Crippen molar-refractivity contribution < 1.29 is 19.2 Å². The van der Waals surface area contributed by atoms with Crippen LogP contribution in [0.25, 0.3) is 0 Å². The molecule has 10 nitrogen and oxygen atoms in total. The summed E-state index contributed by atoms with van der Waals surface area (Å²) in [5.41, 5.74) is 3.08. The van der Waals surface area contributed by atoms with Crippen molar-refractivity contribution in [2.45, 2.75) is 6.54 Å². The highest BCUT2D eigenvalue weighted by atomic mass is 79.9. The van der Waals surface area contributed by atoms with Crippen LogP contribution in [0.2, 0.25) is 0 Å². The van der Waals surface area contributed by atoms with Crippen molar-refractivity contribution in [2.75, 3.05) is 6.79 Å². The third kappa shape index (κ3) is 4.30. The molecule has 1 aliphatic rings. The van der Waals surface area contributed by atoms with Gasteiger partial charge in [-0.05, 0) is 41.5 Å². The highest BCUT2D eigenvalue weighted by Gasteiger charge is 2.25. The van der Waals surface area contributed by atoms with Crippen LogP contribution >= 0.6 is 15.9 Å². The van der Waals surface area contributed by atoms with Crippen LogP contribution in [0.4, 0.5) is 5.69 Å². The number of rotatable bonds is 6. The van der Waals surface area contributed by atoms with E-state index in [1.807, 2.05) is 24.3 Å². The first-order valence-corrected chi connectivity index (χ1v) is 9.48. The van der Waals surface area contributed by atoms with Gasteiger partial charge in [-0.2, -0.15) is 10.2 Å². The lowest BCUT2D eigenvalue weighted by atomic mass is 10.2. The maximum Gasteiger partial charge on any atom is 0.320 e. The Balaban J connectivity index is 1.48. The molecule has 2 heterocycles. The van der Waals surface area contributed by atoms with Crippen molar-refractivity contribution in [3.8, 4) is 11.5 Å². The summed E-state index contributed by atoms with van der Waals surface area (Å²) in [6.45, 7) is 0.424. The number of benzene rings is 2. The summed E-state index contributed by atoms with van der Waals surface area (Å²) >= 11 is 3.37. The molecule has 0 radical (unpaired) electrons. The Morgan fingerprint density at radius 2 is 2.13 bits per heavy atom. The van der Waals surface area contributed by atoms with Crippen LogP contribution in [-0.4, -0.2) is 33.6 Å². The van der Waals surface area contributed by atoms with Crippen LogP contribution in [0.1, 0.15) is 21.6 Å². The second-order valence-corrected chi connectivity index (χ2v) is 7.18. The van der Waals surface area contributed by atoms with Gasteiger partial charge in [0.1, 0.15) is 6.20 Å². The largest absolute Gasteiger partial charge is 0.454 e. The van der Waals surface area contributed by atoms with Gasteiger partial charge >= 0.3 is 5.69 Å². The summed E-state index contributed by atoms with van der Waals surface area (Å²) in [4.78, 5) is 23.1. The predicted octanol–water partition coefficient (Wildman–Crippen LogP) is 3.09. The molecule has 1 aliphatic heterocycles. The van der Waals surface area contributed by atoms with Gasteiger partial charge < -0.3 is 9.47 Å². The quantitative estimate of drug-likeness (QED) is 0.335. The SMILES string of the molecule is O=C(N/N=C\c1ccc2c(c1)OCO2)c1nn(Cc2cccc(Br)c2)cc1[N+](=O)[O-]. The second kappa shape index (κ2) is 8.33. The molecule has 152 valence electrons. The number of amides is 1. The maximum absolute atomic E-state index is 12.4. The number of carbonyl (C=O) groups is 1. The lowest BCUT2D eigenvalue weighted by Crippen LogP contribution is -2.19. The molecule has 0 aliphatic carbocycles. The molecule has 0 bridgehead atoms. The van der Waals surface area contributed by atoms with Gasteiger partial charge in [-0.1, -0.05) is 28.1 Å². The summed E-state index contributed by atoms with van der Waals surface area (Å²) in [5, 5.41) is 19.3. The standard InChI is InChI=1S/C19H14BrN5O5/c20-14-3-1-2-13(6-14)9-24-10-15(25(27)28)18(23-24)19(26)22-21-8-12-4-5-16-17(7-12)30-11-29-16/h1-8,10H,9,11H2,(H,22,26)/b21-8-. The van der Waals surface area contributed by atoms with Crippen LogP contribution in [-0.2, 0) is 6.54 Å². The number of hydrogen-bond donors (Lipinski definition) is 1. The Hall–Kier alpha value is -3.73. The van der Waals surface area contributed by atoms with Crippen LogP contribution in [0.5, 0.6) is 11.5 Å². The van der Waals surface area contributed by atoms with Crippen molar-refractivity contribution in [2.24, 2.45) is 5.10 Å². The van der Waals surface area contributed by atoms with Gasteiger partial charge in [0.2, 0.25) is 12.5 Å². The van der Waals surface area contributed by atoms with Crippen molar-refractivity contribution >= 4 is 33.7 Å². The molecule has 0 saturated heterocycles. The number of aromatic nitrogens is 2. The number of nitrogens with one attached hydrogen (secondary N) is 1. The van der Waals surface area contributed by atoms with Crippen LogP contribution in [0.3, 0.4) is 0 Å². The van der Waals surface area contributed by atoms with Gasteiger partial charge in [-0.25, -0.2) is 5.43 Å². The minimum Gasteiger partial charge on any atom is -0.454 e. The molecule has 4 rings (SSSR count). The Bertz CT molecular complexity index is 1160. The van der Waals surface area contributed by atoms with Gasteiger partial charge in [-0.15, -0.1) is 0 Å². The van der Waals surface area contributed by atoms with E-state index in [9.17, 15) is 14.9 Å². The Kier molecular flexibility index (Phi) is 5.44. The van der Waals surface area contributed by atoms with E-state index >= 15 is 0 Å². The molecule has 0 fully saturated rings. The summed E-state index contributed by atoms with van der Waals surface area (Å²) in [7, 11) is 0.